The highest BCUT2D eigenvalue weighted by Crippen LogP contribution is 2.56. The zero-order chi connectivity index (χ0) is 15.1. The van der Waals surface area contributed by atoms with Gasteiger partial charge in [0.1, 0.15) is 11.5 Å². The summed E-state index contributed by atoms with van der Waals surface area (Å²) >= 11 is 0. The van der Waals surface area contributed by atoms with E-state index >= 15 is 0 Å². The van der Waals surface area contributed by atoms with Crippen molar-refractivity contribution >= 4 is 5.97 Å². The van der Waals surface area contributed by atoms with Gasteiger partial charge in [-0.25, -0.2) is 0 Å². The number of phenols is 1. The van der Waals surface area contributed by atoms with Crippen LogP contribution in [0.3, 0.4) is 0 Å². The molecular formula is C17H24O3. The topological polar surface area (TPSA) is 46.5 Å². The maximum absolute atomic E-state index is 11.2. The van der Waals surface area contributed by atoms with Crippen LogP contribution in [0.4, 0.5) is 0 Å². The predicted octanol–water partition coefficient (Wildman–Crippen LogP) is 4.09. The van der Waals surface area contributed by atoms with Crippen molar-refractivity contribution < 1.29 is 14.6 Å². The van der Waals surface area contributed by atoms with E-state index in [0.717, 1.165) is 30.4 Å². The van der Waals surface area contributed by atoms with E-state index in [1.165, 1.54) is 6.92 Å². The van der Waals surface area contributed by atoms with Crippen LogP contribution in [-0.2, 0) is 10.2 Å². The maximum Gasteiger partial charge on any atom is 0.308 e. The summed E-state index contributed by atoms with van der Waals surface area (Å²) in [7, 11) is 0. The lowest BCUT2D eigenvalue weighted by Gasteiger charge is -2.39. The first-order valence-corrected chi connectivity index (χ1v) is 7.20. The fourth-order valence-corrected chi connectivity index (χ4v) is 3.38. The van der Waals surface area contributed by atoms with Crippen LogP contribution < -0.4 is 4.74 Å². The third-order valence-electron chi connectivity index (χ3n) is 5.11. The second kappa shape index (κ2) is 4.80. The molecule has 1 aromatic rings. The van der Waals surface area contributed by atoms with Gasteiger partial charge < -0.3 is 9.84 Å². The number of carbonyl (C=O) groups is 1. The molecular weight excluding hydrogens is 252 g/mol. The van der Waals surface area contributed by atoms with Crippen LogP contribution in [0.15, 0.2) is 12.1 Å². The zero-order valence-corrected chi connectivity index (χ0v) is 13.0. The third kappa shape index (κ3) is 2.30. The summed E-state index contributed by atoms with van der Waals surface area (Å²) in [5, 5.41) is 10.4. The van der Waals surface area contributed by atoms with Gasteiger partial charge >= 0.3 is 5.97 Å². The molecule has 0 aromatic heterocycles. The SMILES string of the molecule is CC(=O)Oc1cc([C@]2(C)CCCC2(C)C)c(O)cc1C. The summed E-state index contributed by atoms with van der Waals surface area (Å²) in [6, 6.07) is 3.55. The summed E-state index contributed by atoms with van der Waals surface area (Å²) in [5.41, 5.74) is 1.69. The van der Waals surface area contributed by atoms with Crippen molar-refractivity contribution in [3.63, 3.8) is 0 Å². The Hall–Kier alpha value is -1.51. The molecule has 1 atom stereocenters. The molecule has 20 heavy (non-hydrogen) atoms. The van der Waals surface area contributed by atoms with Crippen LogP contribution in [0, 0.1) is 12.3 Å². The van der Waals surface area contributed by atoms with Crippen molar-refractivity contribution in [1.29, 1.82) is 0 Å². The van der Waals surface area contributed by atoms with Gasteiger partial charge in [-0.05, 0) is 42.9 Å². The lowest BCUT2D eigenvalue weighted by Crippen LogP contribution is -2.34. The fourth-order valence-electron chi connectivity index (χ4n) is 3.38. The minimum atomic E-state index is -0.333. The molecule has 110 valence electrons. The van der Waals surface area contributed by atoms with Crippen LogP contribution in [-0.4, -0.2) is 11.1 Å². The lowest BCUT2D eigenvalue weighted by atomic mass is 9.65. The number of aryl methyl sites for hydroxylation is 1. The summed E-state index contributed by atoms with van der Waals surface area (Å²) in [5.74, 6) is 0.519. The fraction of sp³-hybridized carbons (Fsp3) is 0.588. The normalized spacial score (nSPS) is 24.6. The van der Waals surface area contributed by atoms with Gasteiger partial charge in [0.2, 0.25) is 0 Å². The minimum absolute atomic E-state index is 0.0975. The Labute approximate surface area is 121 Å². The molecule has 0 saturated heterocycles. The van der Waals surface area contributed by atoms with E-state index in [9.17, 15) is 9.90 Å². The first-order chi connectivity index (χ1) is 9.17. The largest absolute Gasteiger partial charge is 0.508 e. The summed E-state index contributed by atoms with van der Waals surface area (Å²) in [6.07, 6.45) is 3.33. The molecule has 0 unspecified atom stereocenters. The molecule has 0 spiro atoms. The Morgan fingerprint density at radius 1 is 1.25 bits per heavy atom. The first-order valence-electron chi connectivity index (χ1n) is 7.20. The number of esters is 1. The lowest BCUT2D eigenvalue weighted by molar-refractivity contribution is -0.131. The highest BCUT2D eigenvalue weighted by Gasteiger charge is 2.47. The van der Waals surface area contributed by atoms with E-state index in [1.54, 1.807) is 6.07 Å². The molecule has 0 heterocycles. The van der Waals surface area contributed by atoms with Crippen LogP contribution in [0.2, 0.25) is 0 Å². The van der Waals surface area contributed by atoms with E-state index in [2.05, 4.69) is 20.8 Å². The molecule has 1 aliphatic rings. The van der Waals surface area contributed by atoms with Crippen LogP contribution in [0.1, 0.15) is 58.1 Å². The molecule has 0 bridgehead atoms. The highest BCUT2D eigenvalue weighted by molar-refractivity contribution is 5.70. The van der Waals surface area contributed by atoms with Crippen LogP contribution >= 0.6 is 0 Å². The molecule has 1 fully saturated rings. The van der Waals surface area contributed by atoms with E-state index in [-0.39, 0.29) is 16.8 Å². The number of rotatable bonds is 2. The predicted molar refractivity (Wildman–Crippen MR) is 79.1 cm³/mol. The van der Waals surface area contributed by atoms with Gasteiger partial charge in [0.25, 0.3) is 0 Å². The Morgan fingerprint density at radius 2 is 1.90 bits per heavy atom. The van der Waals surface area contributed by atoms with E-state index in [1.807, 2.05) is 13.0 Å². The quantitative estimate of drug-likeness (QED) is 0.653. The number of carbonyl (C=O) groups excluding carboxylic acids is 1. The second-order valence-electron chi connectivity index (χ2n) is 6.80. The van der Waals surface area contributed by atoms with Gasteiger partial charge in [-0.2, -0.15) is 0 Å². The molecule has 0 amide bonds. The average molecular weight is 276 g/mol. The van der Waals surface area contributed by atoms with Crippen molar-refractivity contribution in [2.45, 2.75) is 59.3 Å². The number of benzene rings is 1. The smallest absolute Gasteiger partial charge is 0.308 e. The maximum atomic E-state index is 11.2. The second-order valence-corrected chi connectivity index (χ2v) is 6.80. The molecule has 0 aliphatic heterocycles. The van der Waals surface area contributed by atoms with Crippen molar-refractivity contribution in [1.82, 2.24) is 0 Å². The molecule has 1 aliphatic carbocycles. The third-order valence-corrected chi connectivity index (χ3v) is 5.11. The van der Waals surface area contributed by atoms with Crippen LogP contribution in [0.5, 0.6) is 11.5 Å². The summed E-state index contributed by atoms with van der Waals surface area (Å²) in [4.78, 5) is 11.2. The molecule has 3 heteroatoms. The van der Waals surface area contributed by atoms with Gasteiger partial charge in [-0.15, -0.1) is 0 Å². The average Bonchev–Trinajstić information content (AvgIpc) is 2.57. The first kappa shape index (κ1) is 14.9. The molecule has 3 nitrogen and oxygen atoms in total. The summed E-state index contributed by atoms with van der Waals surface area (Å²) < 4.78 is 5.26. The number of hydrogen-bond acceptors (Lipinski definition) is 3. The standard InChI is InChI=1S/C17H24O3/c1-11-9-14(19)13(10-15(11)20-12(2)18)17(5)8-6-7-16(17,3)4/h9-10,19H,6-8H2,1-5H3/t17-/m0/s1. The van der Waals surface area contributed by atoms with E-state index in [0.29, 0.717) is 11.5 Å². The van der Waals surface area contributed by atoms with Gasteiger partial charge in [0.15, 0.2) is 0 Å². The zero-order valence-electron chi connectivity index (χ0n) is 13.0. The Balaban J connectivity index is 2.54. The van der Waals surface area contributed by atoms with Gasteiger partial charge in [-0.3, -0.25) is 4.79 Å². The van der Waals surface area contributed by atoms with Crippen molar-refractivity contribution in [3.8, 4) is 11.5 Å². The van der Waals surface area contributed by atoms with Crippen molar-refractivity contribution in [2.75, 3.05) is 0 Å². The number of ether oxygens (including phenoxy) is 1. The number of aromatic hydroxyl groups is 1. The Bertz CT molecular complexity index is 545. The minimum Gasteiger partial charge on any atom is -0.508 e. The molecule has 2 rings (SSSR count). The number of phenolic OH excluding ortho intramolecular Hbond substituents is 1. The van der Waals surface area contributed by atoms with Gasteiger partial charge in [0, 0.05) is 17.9 Å². The van der Waals surface area contributed by atoms with E-state index < -0.39 is 0 Å². The molecule has 1 N–H and O–H groups in total. The monoisotopic (exact) mass is 276 g/mol. The van der Waals surface area contributed by atoms with Gasteiger partial charge in [0.05, 0.1) is 0 Å². The van der Waals surface area contributed by atoms with Crippen molar-refractivity contribution in [3.05, 3.63) is 23.3 Å². The Morgan fingerprint density at radius 3 is 2.40 bits per heavy atom. The number of hydrogen-bond donors (Lipinski definition) is 1. The van der Waals surface area contributed by atoms with E-state index in [4.69, 9.17) is 4.74 Å². The van der Waals surface area contributed by atoms with Crippen LogP contribution in [0.25, 0.3) is 0 Å². The molecule has 0 radical (unpaired) electrons. The summed E-state index contributed by atoms with van der Waals surface area (Å²) in [6.45, 7) is 9.91. The molecule has 1 aromatic carbocycles. The Kier molecular flexibility index (Phi) is 3.57. The van der Waals surface area contributed by atoms with Gasteiger partial charge in [-0.1, -0.05) is 27.2 Å². The highest BCUT2D eigenvalue weighted by atomic mass is 16.5. The molecule has 1 saturated carbocycles. The van der Waals surface area contributed by atoms with Crippen molar-refractivity contribution in [2.24, 2.45) is 5.41 Å².